The summed E-state index contributed by atoms with van der Waals surface area (Å²) >= 11 is 0. The van der Waals surface area contributed by atoms with Gasteiger partial charge in [-0.15, -0.1) is 0 Å². The highest BCUT2D eigenvalue weighted by Gasteiger charge is 2.36. The fraction of sp³-hybridized carbons (Fsp3) is 0.600. The first-order chi connectivity index (χ1) is 9.56. The molecule has 110 valence electrons. The van der Waals surface area contributed by atoms with Crippen molar-refractivity contribution in [3.63, 3.8) is 0 Å². The van der Waals surface area contributed by atoms with E-state index >= 15 is 0 Å². The summed E-state index contributed by atoms with van der Waals surface area (Å²) in [7, 11) is 0. The molecule has 1 saturated carbocycles. The van der Waals surface area contributed by atoms with Gasteiger partial charge in [-0.2, -0.15) is 0 Å². The molecule has 5 nitrogen and oxygen atoms in total. The second-order valence-corrected chi connectivity index (χ2v) is 5.48. The average Bonchev–Trinajstić information content (AvgIpc) is 3.03. The van der Waals surface area contributed by atoms with Gasteiger partial charge in [0.2, 0.25) is 0 Å². The highest BCUT2D eigenvalue weighted by Crippen LogP contribution is 2.43. The van der Waals surface area contributed by atoms with E-state index in [9.17, 15) is 9.59 Å². The Hall–Kier alpha value is -1.78. The van der Waals surface area contributed by atoms with Gasteiger partial charge < -0.3 is 14.8 Å². The minimum Gasteiger partial charge on any atom is -0.460 e. The van der Waals surface area contributed by atoms with Gasteiger partial charge in [-0.1, -0.05) is 18.7 Å². The zero-order chi connectivity index (χ0) is 14.5. The van der Waals surface area contributed by atoms with Crippen LogP contribution in [0.15, 0.2) is 24.3 Å². The van der Waals surface area contributed by atoms with Crippen molar-refractivity contribution in [3.8, 4) is 0 Å². The molecule has 20 heavy (non-hydrogen) atoms. The van der Waals surface area contributed by atoms with E-state index in [1.165, 1.54) is 6.42 Å². The average molecular weight is 279 g/mol. The van der Waals surface area contributed by atoms with Crippen molar-refractivity contribution < 1.29 is 19.1 Å². The molecule has 0 saturated heterocycles. The Labute approximate surface area is 119 Å². The zero-order valence-electron chi connectivity index (χ0n) is 11.8. The van der Waals surface area contributed by atoms with Crippen molar-refractivity contribution in [1.82, 2.24) is 5.32 Å². The number of hydrogen-bond acceptors (Lipinski definition) is 4. The second kappa shape index (κ2) is 6.59. The van der Waals surface area contributed by atoms with Crippen LogP contribution in [-0.2, 0) is 14.3 Å². The molecule has 1 N–H and O–H groups in total. The fourth-order valence-corrected chi connectivity index (χ4v) is 2.74. The number of amides is 1. The summed E-state index contributed by atoms with van der Waals surface area (Å²) < 4.78 is 10.0. The summed E-state index contributed by atoms with van der Waals surface area (Å²) in [6, 6.07) is 0. The number of hydrogen-bond donors (Lipinski definition) is 1. The number of nitrogens with one attached hydrogen (secondary N) is 1. The summed E-state index contributed by atoms with van der Waals surface area (Å²) in [5.41, 5.74) is 0.344. The molecule has 1 amide bonds. The van der Waals surface area contributed by atoms with E-state index in [1.54, 1.807) is 6.92 Å². The van der Waals surface area contributed by atoms with E-state index in [-0.39, 0.29) is 13.2 Å². The smallest absolute Gasteiger partial charge is 0.407 e. The molecule has 0 aromatic carbocycles. The number of esters is 1. The number of alkyl carbamates (subject to hydrolysis) is 1. The molecule has 0 heterocycles. The Bertz CT molecular complexity index is 430. The number of allylic oxidation sites excluding steroid dienone is 2. The normalized spacial score (nSPS) is 26.4. The van der Waals surface area contributed by atoms with Crippen molar-refractivity contribution in [3.05, 3.63) is 24.3 Å². The van der Waals surface area contributed by atoms with Crippen LogP contribution < -0.4 is 5.32 Å². The van der Waals surface area contributed by atoms with Gasteiger partial charge in [0.1, 0.15) is 6.61 Å². The molecule has 2 aliphatic rings. The molecule has 0 aromatic rings. The molecule has 3 unspecified atom stereocenters. The zero-order valence-corrected chi connectivity index (χ0v) is 11.8. The van der Waals surface area contributed by atoms with Crippen molar-refractivity contribution in [2.45, 2.75) is 19.8 Å². The fourth-order valence-electron chi connectivity index (χ4n) is 2.74. The van der Waals surface area contributed by atoms with Crippen LogP contribution in [0.3, 0.4) is 0 Å². The topological polar surface area (TPSA) is 64.6 Å². The predicted molar refractivity (Wildman–Crippen MR) is 74.0 cm³/mol. The highest BCUT2D eigenvalue weighted by molar-refractivity contribution is 5.86. The third-order valence-corrected chi connectivity index (χ3v) is 3.80. The predicted octanol–water partition coefficient (Wildman–Crippen LogP) is 2.04. The number of fused-ring (bicyclic) bond motifs is 2. The van der Waals surface area contributed by atoms with Gasteiger partial charge in [-0.05, 0) is 31.6 Å². The minimum absolute atomic E-state index is 0.123. The number of carbonyl (C=O) groups is 2. The van der Waals surface area contributed by atoms with Gasteiger partial charge in [0.05, 0.1) is 13.2 Å². The number of ether oxygens (including phenoxy) is 2. The maximum Gasteiger partial charge on any atom is 0.407 e. The molecule has 0 spiro atoms. The first kappa shape index (κ1) is 14.6. The molecule has 0 aromatic heterocycles. The number of rotatable bonds is 6. The van der Waals surface area contributed by atoms with Crippen molar-refractivity contribution >= 4 is 12.1 Å². The molecule has 0 aliphatic heterocycles. The summed E-state index contributed by atoms with van der Waals surface area (Å²) in [5, 5.41) is 2.56. The largest absolute Gasteiger partial charge is 0.460 e. The lowest BCUT2D eigenvalue weighted by atomic mass is 9.95. The number of carbonyl (C=O) groups excluding carboxylic acids is 2. The Morgan fingerprint density at radius 3 is 2.70 bits per heavy atom. The Morgan fingerprint density at radius 1 is 1.30 bits per heavy atom. The Morgan fingerprint density at radius 2 is 2.10 bits per heavy atom. The SMILES string of the molecule is C=C(C)C(=O)OCCNC(=O)OCC1CC2C=CC1C2. The van der Waals surface area contributed by atoms with Crippen molar-refractivity contribution in [1.29, 1.82) is 0 Å². The quantitative estimate of drug-likeness (QED) is 0.350. The Kier molecular flexibility index (Phi) is 4.82. The monoisotopic (exact) mass is 279 g/mol. The van der Waals surface area contributed by atoms with E-state index in [0.29, 0.717) is 29.9 Å². The summed E-state index contributed by atoms with van der Waals surface area (Å²) in [6.45, 7) is 5.87. The van der Waals surface area contributed by atoms with Crippen LogP contribution in [-0.4, -0.2) is 31.8 Å². The van der Waals surface area contributed by atoms with Crippen molar-refractivity contribution in [2.24, 2.45) is 17.8 Å². The molecule has 1 fully saturated rings. The molecular weight excluding hydrogens is 258 g/mol. The molecule has 2 bridgehead atoms. The Balaban J connectivity index is 1.54. The minimum atomic E-state index is -0.455. The van der Waals surface area contributed by atoms with Gasteiger partial charge in [-0.25, -0.2) is 9.59 Å². The molecule has 2 aliphatic carbocycles. The maximum atomic E-state index is 11.5. The van der Waals surface area contributed by atoms with Crippen LogP contribution in [0.5, 0.6) is 0 Å². The molecule has 5 heteroatoms. The van der Waals surface area contributed by atoms with Crippen LogP contribution in [0.25, 0.3) is 0 Å². The van der Waals surface area contributed by atoms with Gasteiger partial charge in [-0.3, -0.25) is 0 Å². The lowest BCUT2D eigenvalue weighted by Crippen LogP contribution is -2.30. The summed E-state index contributed by atoms with van der Waals surface area (Å²) in [5.74, 6) is 1.26. The molecule has 2 rings (SSSR count). The van der Waals surface area contributed by atoms with E-state index in [0.717, 1.165) is 6.42 Å². The van der Waals surface area contributed by atoms with Crippen LogP contribution in [0, 0.1) is 17.8 Å². The lowest BCUT2D eigenvalue weighted by molar-refractivity contribution is -0.138. The van der Waals surface area contributed by atoms with E-state index in [2.05, 4.69) is 24.0 Å². The van der Waals surface area contributed by atoms with Gasteiger partial charge >= 0.3 is 12.1 Å². The summed E-state index contributed by atoms with van der Waals surface area (Å²) in [4.78, 5) is 22.6. The van der Waals surface area contributed by atoms with Crippen LogP contribution in [0.2, 0.25) is 0 Å². The molecule has 0 radical (unpaired) electrons. The lowest BCUT2D eigenvalue weighted by Gasteiger charge is -2.17. The first-order valence-corrected chi connectivity index (χ1v) is 6.98. The van der Waals surface area contributed by atoms with Gasteiger partial charge in [0.15, 0.2) is 0 Å². The third-order valence-electron chi connectivity index (χ3n) is 3.80. The highest BCUT2D eigenvalue weighted by atomic mass is 16.6. The van der Waals surface area contributed by atoms with Crippen LogP contribution in [0.4, 0.5) is 4.79 Å². The van der Waals surface area contributed by atoms with E-state index in [1.807, 2.05) is 0 Å². The molecular formula is C15H21NO4. The maximum absolute atomic E-state index is 11.5. The third kappa shape index (κ3) is 3.85. The van der Waals surface area contributed by atoms with Crippen LogP contribution >= 0.6 is 0 Å². The summed E-state index contributed by atoms with van der Waals surface area (Å²) in [6.07, 6.45) is 6.36. The molecule has 3 atom stereocenters. The second-order valence-electron chi connectivity index (χ2n) is 5.48. The van der Waals surface area contributed by atoms with E-state index in [4.69, 9.17) is 9.47 Å². The van der Waals surface area contributed by atoms with E-state index < -0.39 is 12.1 Å². The van der Waals surface area contributed by atoms with Crippen molar-refractivity contribution in [2.75, 3.05) is 19.8 Å². The van der Waals surface area contributed by atoms with Crippen LogP contribution in [0.1, 0.15) is 19.8 Å². The van der Waals surface area contributed by atoms with Gasteiger partial charge in [0, 0.05) is 11.5 Å². The first-order valence-electron chi connectivity index (χ1n) is 6.98. The van der Waals surface area contributed by atoms with Gasteiger partial charge in [0.25, 0.3) is 0 Å². The standard InChI is InChI=1S/C15H21NO4/c1-10(2)14(17)19-6-5-16-15(18)20-9-13-8-11-3-4-12(13)7-11/h3-4,11-13H,1,5-9H2,2H3,(H,16,18).